The third kappa shape index (κ3) is 2.72. The van der Waals surface area contributed by atoms with Crippen LogP contribution in [0.5, 0.6) is 0 Å². The molecule has 18 heavy (non-hydrogen) atoms. The molecular weight excluding hydrogens is 274 g/mol. The zero-order valence-corrected chi connectivity index (χ0v) is 10.7. The summed E-state index contributed by atoms with van der Waals surface area (Å²) in [7, 11) is -3.67. The van der Waals surface area contributed by atoms with E-state index in [9.17, 15) is 8.42 Å². The van der Waals surface area contributed by atoms with E-state index in [1.807, 2.05) is 0 Å². The molecule has 0 aliphatic carbocycles. The quantitative estimate of drug-likeness (QED) is 0.845. The number of hydrogen-bond acceptors (Lipinski definition) is 4. The average Bonchev–Trinajstić information content (AvgIpc) is 2.33. The maximum Gasteiger partial charge on any atom is 0.261 e. The van der Waals surface area contributed by atoms with E-state index in [0.717, 1.165) is 0 Å². The van der Waals surface area contributed by atoms with Gasteiger partial charge in [-0.1, -0.05) is 11.6 Å². The number of benzene rings is 1. The van der Waals surface area contributed by atoms with Crippen molar-refractivity contribution in [1.29, 1.82) is 0 Å². The average molecular weight is 284 g/mol. The van der Waals surface area contributed by atoms with Crippen LogP contribution in [0.1, 0.15) is 0 Å². The second-order valence-electron chi connectivity index (χ2n) is 3.52. The number of anilines is 2. The molecule has 7 heteroatoms. The van der Waals surface area contributed by atoms with E-state index in [-0.39, 0.29) is 9.92 Å². The summed E-state index contributed by atoms with van der Waals surface area (Å²) in [5.74, 6) is 0. The molecule has 0 bridgehead atoms. The summed E-state index contributed by atoms with van der Waals surface area (Å²) in [6, 6.07) is 7.25. The molecule has 5 nitrogen and oxygen atoms in total. The van der Waals surface area contributed by atoms with E-state index in [4.69, 9.17) is 17.3 Å². The van der Waals surface area contributed by atoms with Crippen LogP contribution in [0.2, 0.25) is 5.02 Å². The van der Waals surface area contributed by atoms with Crippen LogP contribution in [-0.2, 0) is 10.0 Å². The third-order valence-corrected chi connectivity index (χ3v) is 3.92. The van der Waals surface area contributed by atoms with Crippen LogP contribution in [0, 0.1) is 0 Å². The van der Waals surface area contributed by atoms with Crippen molar-refractivity contribution < 1.29 is 8.42 Å². The van der Waals surface area contributed by atoms with Gasteiger partial charge in [0.25, 0.3) is 10.0 Å². The number of hydrogen-bond donors (Lipinski definition) is 2. The molecule has 0 unspecified atom stereocenters. The molecule has 0 radical (unpaired) electrons. The van der Waals surface area contributed by atoms with Crippen molar-refractivity contribution in [3.05, 3.63) is 47.7 Å². The lowest BCUT2D eigenvalue weighted by Crippen LogP contribution is -2.13. The maximum atomic E-state index is 12.0. The molecule has 1 aromatic carbocycles. The summed E-state index contributed by atoms with van der Waals surface area (Å²) in [6.45, 7) is 0. The number of halogens is 1. The number of aromatic nitrogens is 1. The molecule has 0 fully saturated rings. The van der Waals surface area contributed by atoms with Gasteiger partial charge in [-0.05, 0) is 30.3 Å². The Bertz CT molecular complexity index is 659. The van der Waals surface area contributed by atoms with Crippen LogP contribution in [0.3, 0.4) is 0 Å². The minimum atomic E-state index is -3.67. The number of nitrogens with one attached hydrogen (secondary N) is 1. The molecule has 94 valence electrons. The minimum Gasteiger partial charge on any atom is -0.398 e. The first kappa shape index (κ1) is 12.7. The highest BCUT2D eigenvalue weighted by atomic mass is 35.5. The fourth-order valence-corrected chi connectivity index (χ4v) is 2.64. The van der Waals surface area contributed by atoms with Crippen LogP contribution in [0.15, 0.2) is 47.6 Å². The van der Waals surface area contributed by atoms with E-state index < -0.39 is 10.0 Å². The number of nitrogens with zero attached hydrogens (tertiary/aromatic N) is 1. The van der Waals surface area contributed by atoms with Gasteiger partial charge >= 0.3 is 0 Å². The maximum absolute atomic E-state index is 12.0. The lowest BCUT2D eigenvalue weighted by atomic mass is 10.3. The molecule has 3 N–H and O–H groups in total. The second-order valence-corrected chi connectivity index (χ2v) is 5.61. The summed E-state index contributed by atoms with van der Waals surface area (Å²) in [5, 5.41) is 0.201. The standard InChI is InChI=1S/C11H10ClN3O2S/c12-10-7-9(1-2-11(10)13)18(16,17)15-8-3-5-14-6-4-8/h1-7H,13H2,(H,14,15). The molecule has 0 atom stereocenters. The van der Waals surface area contributed by atoms with Gasteiger partial charge in [-0.2, -0.15) is 0 Å². The highest BCUT2D eigenvalue weighted by molar-refractivity contribution is 7.92. The predicted molar refractivity (Wildman–Crippen MR) is 70.9 cm³/mol. The van der Waals surface area contributed by atoms with Gasteiger partial charge in [0.15, 0.2) is 0 Å². The number of pyridine rings is 1. The van der Waals surface area contributed by atoms with Crippen molar-refractivity contribution in [2.24, 2.45) is 0 Å². The Labute approximate surface area is 110 Å². The number of rotatable bonds is 3. The summed E-state index contributed by atoms with van der Waals surface area (Å²) in [5.41, 5.74) is 6.29. The number of nitrogen functional groups attached to an aromatic ring is 1. The molecule has 0 aliphatic heterocycles. The van der Waals surface area contributed by atoms with Gasteiger partial charge in [0.2, 0.25) is 0 Å². The minimum absolute atomic E-state index is 0.0542. The van der Waals surface area contributed by atoms with Gasteiger partial charge in [0.05, 0.1) is 21.3 Å². The number of sulfonamides is 1. The Morgan fingerprint density at radius 2 is 1.83 bits per heavy atom. The Hall–Kier alpha value is -1.79. The van der Waals surface area contributed by atoms with Crippen LogP contribution in [0.25, 0.3) is 0 Å². The van der Waals surface area contributed by atoms with Crippen molar-refractivity contribution in [2.45, 2.75) is 4.90 Å². The molecule has 2 rings (SSSR count). The van der Waals surface area contributed by atoms with Crippen molar-refractivity contribution in [3.63, 3.8) is 0 Å². The van der Waals surface area contributed by atoms with Crippen molar-refractivity contribution >= 4 is 33.0 Å². The second kappa shape index (κ2) is 4.83. The SMILES string of the molecule is Nc1ccc(S(=O)(=O)Nc2ccncc2)cc1Cl. The molecule has 0 saturated heterocycles. The third-order valence-electron chi connectivity index (χ3n) is 2.21. The van der Waals surface area contributed by atoms with E-state index in [2.05, 4.69) is 9.71 Å². The van der Waals surface area contributed by atoms with Gasteiger partial charge < -0.3 is 5.73 Å². The Morgan fingerprint density at radius 1 is 1.17 bits per heavy atom. The highest BCUT2D eigenvalue weighted by Gasteiger charge is 2.15. The Morgan fingerprint density at radius 3 is 2.44 bits per heavy atom. The Balaban J connectivity index is 2.34. The van der Waals surface area contributed by atoms with E-state index in [0.29, 0.717) is 11.4 Å². The highest BCUT2D eigenvalue weighted by Crippen LogP contribution is 2.23. The van der Waals surface area contributed by atoms with Gasteiger partial charge in [-0.15, -0.1) is 0 Å². The van der Waals surface area contributed by atoms with Crippen LogP contribution in [0.4, 0.5) is 11.4 Å². The first-order chi connectivity index (χ1) is 8.49. The topological polar surface area (TPSA) is 85.1 Å². The van der Waals surface area contributed by atoms with Gasteiger partial charge in [0.1, 0.15) is 0 Å². The van der Waals surface area contributed by atoms with E-state index in [1.165, 1.54) is 30.6 Å². The summed E-state index contributed by atoms with van der Waals surface area (Å²) in [6.07, 6.45) is 2.99. The van der Waals surface area contributed by atoms with Crippen LogP contribution < -0.4 is 10.5 Å². The van der Waals surface area contributed by atoms with Crippen LogP contribution >= 0.6 is 11.6 Å². The normalized spacial score (nSPS) is 11.2. The molecule has 0 spiro atoms. The summed E-state index contributed by atoms with van der Waals surface area (Å²) in [4.78, 5) is 3.86. The predicted octanol–water partition coefficient (Wildman–Crippen LogP) is 2.12. The first-order valence-electron chi connectivity index (χ1n) is 4.97. The lowest BCUT2D eigenvalue weighted by Gasteiger charge is -2.08. The zero-order valence-electron chi connectivity index (χ0n) is 9.17. The lowest BCUT2D eigenvalue weighted by molar-refractivity contribution is 0.601. The van der Waals surface area contributed by atoms with Gasteiger partial charge in [0, 0.05) is 12.4 Å². The fourth-order valence-electron chi connectivity index (χ4n) is 1.31. The van der Waals surface area contributed by atoms with Crippen molar-refractivity contribution in [3.8, 4) is 0 Å². The molecular formula is C11H10ClN3O2S. The summed E-state index contributed by atoms with van der Waals surface area (Å²) < 4.78 is 26.5. The Kier molecular flexibility index (Phi) is 3.40. The summed E-state index contributed by atoms with van der Waals surface area (Å²) >= 11 is 5.80. The smallest absolute Gasteiger partial charge is 0.261 e. The van der Waals surface area contributed by atoms with Crippen LogP contribution in [-0.4, -0.2) is 13.4 Å². The fraction of sp³-hybridized carbons (Fsp3) is 0. The molecule has 0 aliphatic rings. The first-order valence-corrected chi connectivity index (χ1v) is 6.83. The molecule has 0 saturated carbocycles. The van der Waals surface area contributed by atoms with Gasteiger partial charge in [-0.3, -0.25) is 9.71 Å². The molecule has 1 aromatic heterocycles. The number of nitrogens with two attached hydrogens (primary N) is 1. The largest absolute Gasteiger partial charge is 0.398 e. The van der Waals surface area contributed by atoms with E-state index >= 15 is 0 Å². The van der Waals surface area contributed by atoms with E-state index in [1.54, 1.807) is 12.1 Å². The van der Waals surface area contributed by atoms with Crippen molar-refractivity contribution in [2.75, 3.05) is 10.5 Å². The molecule has 2 aromatic rings. The van der Waals surface area contributed by atoms with Crippen molar-refractivity contribution in [1.82, 2.24) is 4.98 Å². The zero-order chi connectivity index (χ0) is 13.2. The monoisotopic (exact) mass is 283 g/mol. The molecule has 0 amide bonds. The molecule has 1 heterocycles. The van der Waals surface area contributed by atoms with Gasteiger partial charge in [-0.25, -0.2) is 8.42 Å².